The molecule has 2 nitrogen and oxygen atoms in total. The summed E-state index contributed by atoms with van der Waals surface area (Å²) in [7, 11) is 0. The quantitative estimate of drug-likeness (QED) is 0.200. The van der Waals surface area contributed by atoms with Gasteiger partial charge in [-0.3, -0.25) is 0 Å². The van der Waals surface area contributed by atoms with Crippen molar-refractivity contribution in [1.82, 2.24) is 4.57 Å². The maximum absolute atomic E-state index is 6.40. The van der Waals surface area contributed by atoms with Crippen molar-refractivity contribution in [3.05, 3.63) is 152 Å². The van der Waals surface area contributed by atoms with Crippen LogP contribution < -0.4 is 0 Å². The molecule has 0 saturated heterocycles. The van der Waals surface area contributed by atoms with E-state index >= 15 is 0 Å². The Morgan fingerprint density at radius 2 is 1.20 bits per heavy atom. The third-order valence-electron chi connectivity index (χ3n) is 9.19. The first-order valence-corrected chi connectivity index (χ1v) is 16.1. The zero-order valence-corrected chi connectivity index (χ0v) is 25.0. The Balaban J connectivity index is 1.35. The Morgan fingerprint density at radius 1 is 0.467 bits per heavy atom. The summed E-state index contributed by atoms with van der Waals surface area (Å²) in [6.45, 7) is 0. The molecule has 0 aliphatic carbocycles. The number of aromatic nitrogens is 1. The lowest BCUT2D eigenvalue weighted by molar-refractivity contribution is 0.669. The van der Waals surface area contributed by atoms with Gasteiger partial charge in [-0.05, 0) is 59.7 Å². The molecule has 10 aromatic rings. The first kappa shape index (κ1) is 24.8. The van der Waals surface area contributed by atoms with Crippen molar-refractivity contribution in [2.45, 2.75) is 0 Å². The van der Waals surface area contributed by atoms with Gasteiger partial charge >= 0.3 is 0 Å². The molecule has 0 N–H and O–H groups in total. The number of para-hydroxylation sites is 3. The van der Waals surface area contributed by atoms with Crippen LogP contribution in [0, 0.1) is 0 Å². The molecule has 3 aromatic heterocycles. The smallest absolute Gasteiger partial charge is 0.137 e. The molecule has 3 heterocycles. The van der Waals surface area contributed by atoms with E-state index in [4.69, 9.17) is 4.42 Å². The third-order valence-corrected chi connectivity index (χ3v) is 10.4. The maximum atomic E-state index is 6.40. The van der Waals surface area contributed by atoms with Crippen molar-refractivity contribution in [1.29, 1.82) is 0 Å². The molecule has 0 aliphatic heterocycles. The molecule has 10 rings (SSSR count). The van der Waals surface area contributed by atoms with E-state index in [1.807, 2.05) is 17.4 Å². The SMILES string of the molecule is c1ccc(-c2cc(-c3ccccc3-n3c4ccccc4c4ccc5oc6ccccc6c5c43)cc3c2sc2ccccc23)cc1. The molecular weight excluding hydrogens is 567 g/mol. The number of nitrogens with zero attached hydrogens (tertiary/aromatic N) is 1. The largest absolute Gasteiger partial charge is 0.456 e. The summed E-state index contributed by atoms with van der Waals surface area (Å²) in [5.41, 5.74) is 10.2. The van der Waals surface area contributed by atoms with Gasteiger partial charge in [0.15, 0.2) is 0 Å². The summed E-state index contributed by atoms with van der Waals surface area (Å²) in [4.78, 5) is 0. The third kappa shape index (κ3) is 3.56. The van der Waals surface area contributed by atoms with Crippen LogP contribution in [-0.2, 0) is 0 Å². The molecule has 0 aliphatic rings. The molecule has 0 spiro atoms. The predicted molar refractivity (Wildman–Crippen MR) is 192 cm³/mol. The Kier molecular flexibility index (Phi) is 5.19. The number of furan rings is 1. The van der Waals surface area contributed by atoms with Crippen molar-refractivity contribution >= 4 is 75.3 Å². The molecule has 0 saturated carbocycles. The van der Waals surface area contributed by atoms with Crippen LogP contribution in [0.4, 0.5) is 0 Å². The topological polar surface area (TPSA) is 18.1 Å². The van der Waals surface area contributed by atoms with Crippen LogP contribution in [0.15, 0.2) is 156 Å². The molecule has 0 bridgehead atoms. The predicted octanol–water partition coefficient (Wildman–Crippen LogP) is 12.4. The minimum absolute atomic E-state index is 0.905. The van der Waals surface area contributed by atoms with E-state index in [2.05, 4.69) is 150 Å². The van der Waals surface area contributed by atoms with Crippen LogP contribution in [0.1, 0.15) is 0 Å². The second-order valence-corrected chi connectivity index (χ2v) is 12.7. The van der Waals surface area contributed by atoms with Crippen molar-refractivity contribution in [3.8, 4) is 27.9 Å². The Morgan fingerprint density at radius 3 is 2.11 bits per heavy atom. The van der Waals surface area contributed by atoms with Crippen LogP contribution >= 0.6 is 11.3 Å². The Hall–Kier alpha value is -5.64. The van der Waals surface area contributed by atoms with Gasteiger partial charge in [-0.25, -0.2) is 0 Å². The fraction of sp³-hybridized carbons (Fsp3) is 0. The van der Waals surface area contributed by atoms with Crippen LogP contribution in [0.5, 0.6) is 0 Å². The number of benzene rings is 7. The zero-order valence-electron chi connectivity index (χ0n) is 24.2. The van der Waals surface area contributed by atoms with Crippen molar-refractivity contribution in [2.24, 2.45) is 0 Å². The first-order valence-electron chi connectivity index (χ1n) is 15.3. The van der Waals surface area contributed by atoms with E-state index < -0.39 is 0 Å². The van der Waals surface area contributed by atoms with Crippen molar-refractivity contribution in [2.75, 3.05) is 0 Å². The minimum atomic E-state index is 0.905. The molecule has 3 heteroatoms. The van der Waals surface area contributed by atoms with E-state index in [0.717, 1.165) is 27.6 Å². The fourth-order valence-corrected chi connectivity index (χ4v) is 8.46. The average molecular weight is 592 g/mol. The van der Waals surface area contributed by atoms with Crippen LogP contribution in [0.3, 0.4) is 0 Å². The van der Waals surface area contributed by atoms with Crippen molar-refractivity contribution < 1.29 is 4.42 Å². The lowest BCUT2D eigenvalue weighted by Gasteiger charge is -2.16. The summed E-state index contributed by atoms with van der Waals surface area (Å²) in [5, 5.41) is 7.35. The van der Waals surface area contributed by atoms with Gasteiger partial charge in [-0.15, -0.1) is 11.3 Å². The van der Waals surface area contributed by atoms with Crippen LogP contribution in [0.2, 0.25) is 0 Å². The van der Waals surface area contributed by atoms with Gasteiger partial charge in [0.25, 0.3) is 0 Å². The van der Waals surface area contributed by atoms with Gasteiger partial charge in [0.05, 0.1) is 22.1 Å². The summed E-state index contributed by atoms with van der Waals surface area (Å²) in [6.07, 6.45) is 0. The molecule has 0 fully saturated rings. The maximum Gasteiger partial charge on any atom is 0.137 e. The number of fused-ring (bicyclic) bond motifs is 10. The van der Waals surface area contributed by atoms with Crippen LogP contribution in [-0.4, -0.2) is 4.57 Å². The molecule has 0 amide bonds. The number of rotatable bonds is 3. The van der Waals surface area contributed by atoms with E-state index in [1.165, 1.54) is 64.2 Å². The average Bonchev–Trinajstić information content (AvgIpc) is 3.77. The second-order valence-electron chi connectivity index (χ2n) is 11.7. The summed E-state index contributed by atoms with van der Waals surface area (Å²) < 4.78 is 11.5. The fourth-order valence-electron chi connectivity index (χ4n) is 7.24. The lowest BCUT2D eigenvalue weighted by Crippen LogP contribution is -1.97. The van der Waals surface area contributed by atoms with E-state index in [-0.39, 0.29) is 0 Å². The van der Waals surface area contributed by atoms with E-state index in [0.29, 0.717) is 0 Å². The van der Waals surface area contributed by atoms with E-state index in [1.54, 1.807) is 0 Å². The molecular formula is C42H25NOS. The summed E-state index contributed by atoms with van der Waals surface area (Å²) in [5.74, 6) is 0. The monoisotopic (exact) mass is 591 g/mol. The van der Waals surface area contributed by atoms with Crippen molar-refractivity contribution in [3.63, 3.8) is 0 Å². The number of hydrogen-bond acceptors (Lipinski definition) is 2. The highest BCUT2D eigenvalue weighted by Crippen LogP contribution is 2.46. The minimum Gasteiger partial charge on any atom is -0.456 e. The summed E-state index contributed by atoms with van der Waals surface area (Å²) >= 11 is 1.88. The number of thiophene rings is 1. The second kappa shape index (κ2) is 9.43. The standard InChI is InChI=1S/C42H25NOS/c1-2-12-26(13-3-1)33-24-27(25-34-30-16-7-11-21-39(30)45-42(33)34)28-14-4-8-18-35(28)43-36-19-9-5-15-29(36)31-22-23-38-40(41(31)43)32-17-6-10-20-37(32)44-38/h1-25H. The van der Waals surface area contributed by atoms with Gasteiger partial charge in [-0.2, -0.15) is 0 Å². The highest BCUT2D eigenvalue weighted by atomic mass is 32.1. The highest BCUT2D eigenvalue weighted by Gasteiger charge is 2.21. The Bertz CT molecular complexity index is 2760. The van der Waals surface area contributed by atoms with Gasteiger partial charge in [0, 0.05) is 47.5 Å². The molecule has 7 aromatic carbocycles. The zero-order chi connectivity index (χ0) is 29.5. The van der Waals surface area contributed by atoms with Gasteiger partial charge in [0.2, 0.25) is 0 Å². The molecule has 45 heavy (non-hydrogen) atoms. The molecule has 210 valence electrons. The van der Waals surface area contributed by atoms with E-state index in [9.17, 15) is 0 Å². The van der Waals surface area contributed by atoms with Crippen LogP contribution in [0.25, 0.3) is 91.9 Å². The molecule has 0 unspecified atom stereocenters. The lowest BCUT2D eigenvalue weighted by atomic mass is 9.95. The molecule has 0 radical (unpaired) electrons. The highest BCUT2D eigenvalue weighted by molar-refractivity contribution is 7.26. The molecule has 0 atom stereocenters. The normalized spacial score (nSPS) is 12.0. The van der Waals surface area contributed by atoms with Gasteiger partial charge in [0.1, 0.15) is 11.2 Å². The number of hydrogen-bond donors (Lipinski definition) is 0. The Labute approximate surface area is 263 Å². The van der Waals surface area contributed by atoms with Gasteiger partial charge in [-0.1, -0.05) is 103 Å². The van der Waals surface area contributed by atoms with Gasteiger partial charge < -0.3 is 8.98 Å². The first-order chi connectivity index (χ1) is 22.3. The summed E-state index contributed by atoms with van der Waals surface area (Å²) in [6, 6.07) is 54.7.